The van der Waals surface area contributed by atoms with Gasteiger partial charge in [0.2, 0.25) is 0 Å². The Labute approximate surface area is 88.3 Å². The highest BCUT2D eigenvalue weighted by atomic mass is 16.5. The zero-order valence-electron chi connectivity index (χ0n) is 8.82. The largest absolute Gasteiger partial charge is 0.494 e. The van der Waals surface area contributed by atoms with Crippen LogP contribution in [0.15, 0.2) is 24.4 Å². The SMILES string of the molecule is CCNc1cnc2cccc(OC)c2n1. The number of nitrogens with zero attached hydrogens (tertiary/aromatic N) is 2. The second-order valence-electron chi connectivity index (χ2n) is 3.11. The fourth-order valence-electron chi connectivity index (χ4n) is 1.44. The molecular formula is C11H13N3O. The van der Waals surface area contributed by atoms with Crippen LogP contribution in [0.3, 0.4) is 0 Å². The molecule has 1 aromatic heterocycles. The predicted octanol–water partition coefficient (Wildman–Crippen LogP) is 2.07. The molecule has 0 fully saturated rings. The Morgan fingerprint density at radius 3 is 3.00 bits per heavy atom. The minimum absolute atomic E-state index is 0.750. The lowest BCUT2D eigenvalue weighted by atomic mass is 10.3. The smallest absolute Gasteiger partial charge is 0.146 e. The van der Waals surface area contributed by atoms with Crippen molar-refractivity contribution in [3.8, 4) is 5.75 Å². The molecule has 15 heavy (non-hydrogen) atoms. The molecule has 0 aliphatic carbocycles. The third-order valence-electron chi connectivity index (χ3n) is 2.11. The summed E-state index contributed by atoms with van der Waals surface area (Å²) in [5.74, 6) is 1.52. The lowest BCUT2D eigenvalue weighted by Gasteiger charge is -2.06. The zero-order chi connectivity index (χ0) is 10.7. The van der Waals surface area contributed by atoms with E-state index in [0.717, 1.165) is 29.1 Å². The summed E-state index contributed by atoms with van der Waals surface area (Å²) < 4.78 is 5.23. The second-order valence-corrected chi connectivity index (χ2v) is 3.11. The molecule has 1 heterocycles. The molecule has 4 nitrogen and oxygen atoms in total. The number of anilines is 1. The number of fused-ring (bicyclic) bond motifs is 1. The van der Waals surface area contributed by atoms with E-state index >= 15 is 0 Å². The van der Waals surface area contributed by atoms with Crippen LogP contribution in [0.2, 0.25) is 0 Å². The standard InChI is InChI=1S/C11H13N3O/c1-3-12-10-7-13-8-5-4-6-9(15-2)11(8)14-10/h4-7H,3H2,1-2H3,(H,12,14). The van der Waals surface area contributed by atoms with Gasteiger partial charge in [-0.25, -0.2) is 4.98 Å². The van der Waals surface area contributed by atoms with Crippen LogP contribution in [0.4, 0.5) is 5.82 Å². The molecule has 0 atom stereocenters. The summed E-state index contributed by atoms with van der Waals surface area (Å²) in [6.45, 7) is 2.85. The van der Waals surface area contributed by atoms with E-state index in [1.807, 2.05) is 25.1 Å². The van der Waals surface area contributed by atoms with Gasteiger partial charge >= 0.3 is 0 Å². The highest BCUT2D eigenvalue weighted by molar-refractivity contribution is 5.81. The topological polar surface area (TPSA) is 47.0 Å². The van der Waals surface area contributed by atoms with Crippen LogP contribution in [0.5, 0.6) is 5.75 Å². The molecule has 0 unspecified atom stereocenters. The summed E-state index contributed by atoms with van der Waals surface area (Å²) in [7, 11) is 1.64. The van der Waals surface area contributed by atoms with Crippen molar-refractivity contribution in [3.63, 3.8) is 0 Å². The third-order valence-corrected chi connectivity index (χ3v) is 2.11. The number of rotatable bonds is 3. The first-order chi connectivity index (χ1) is 7.35. The Morgan fingerprint density at radius 2 is 2.27 bits per heavy atom. The summed E-state index contributed by atoms with van der Waals surface area (Å²) in [5, 5.41) is 3.12. The number of hydrogen-bond donors (Lipinski definition) is 1. The van der Waals surface area contributed by atoms with Gasteiger partial charge in [-0.2, -0.15) is 0 Å². The van der Waals surface area contributed by atoms with Crippen molar-refractivity contribution >= 4 is 16.9 Å². The molecule has 78 valence electrons. The summed E-state index contributed by atoms with van der Waals surface area (Å²) in [5.41, 5.74) is 1.63. The maximum atomic E-state index is 5.23. The number of ether oxygens (including phenoxy) is 1. The number of nitrogens with one attached hydrogen (secondary N) is 1. The molecule has 2 aromatic rings. The van der Waals surface area contributed by atoms with Gasteiger partial charge in [0.05, 0.1) is 18.8 Å². The third kappa shape index (κ3) is 1.83. The van der Waals surface area contributed by atoms with Gasteiger partial charge in [0.15, 0.2) is 0 Å². The molecule has 0 saturated heterocycles. The van der Waals surface area contributed by atoms with Crippen LogP contribution in [0.1, 0.15) is 6.92 Å². The highest BCUT2D eigenvalue weighted by Gasteiger charge is 2.04. The fourth-order valence-corrected chi connectivity index (χ4v) is 1.44. The molecule has 1 aromatic carbocycles. The van der Waals surface area contributed by atoms with Crippen molar-refractivity contribution < 1.29 is 4.74 Å². The lowest BCUT2D eigenvalue weighted by Crippen LogP contribution is -2.00. The number of hydrogen-bond acceptors (Lipinski definition) is 4. The van der Waals surface area contributed by atoms with Crippen LogP contribution in [-0.2, 0) is 0 Å². The van der Waals surface area contributed by atoms with Crippen molar-refractivity contribution in [2.24, 2.45) is 0 Å². The Hall–Kier alpha value is -1.84. The van der Waals surface area contributed by atoms with Crippen LogP contribution >= 0.6 is 0 Å². The van der Waals surface area contributed by atoms with E-state index in [1.165, 1.54) is 0 Å². The summed E-state index contributed by atoms with van der Waals surface area (Å²) >= 11 is 0. The lowest BCUT2D eigenvalue weighted by molar-refractivity contribution is 0.419. The Kier molecular flexibility index (Phi) is 2.67. The van der Waals surface area contributed by atoms with E-state index in [2.05, 4.69) is 15.3 Å². The first-order valence-electron chi connectivity index (χ1n) is 4.88. The molecule has 4 heteroatoms. The Morgan fingerprint density at radius 1 is 1.40 bits per heavy atom. The van der Waals surface area contributed by atoms with Gasteiger partial charge in [0.1, 0.15) is 17.1 Å². The maximum absolute atomic E-state index is 5.23. The van der Waals surface area contributed by atoms with Crippen molar-refractivity contribution in [2.75, 3.05) is 19.0 Å². The van der Waals surface area contributed by atoms with Crippen LogP contribution < -0.4 is 10.1 Å². The van der Waals surface area contributed by atoms with Crippen molar-refractivity contribution in [1.29, 1.82) is 0 Å². The van der Waals surface area contributed by atoms with E-state index in [4.69, 9.17) is 4.74 Å². The molecule has 0 aliphatic rings. The predicted molar refractivity (Wildman–Crippen MR) is 60.3 cm³/mol. The average molecular weight is 203 g/mol. The highest BCUT2D eigenvalue weighted by Crippen LogP contribution is 2.22. The first-order valence-corrected chi connectivity index (χ1v) is 4.88. The number of para-hydroxylation sites is 1. The van der Waals surface area contributed by atoms with Gasteiger partial charge in [-0.3, -0.25) is 4.98 Å². The van der Waals surface area contributed by atoms with Gasteiger partial charge in [0, 0.05) is 6.54 Å². The van der Waals surface area contributed by atoms with E-state index < -0.39 is 0 Å². The van der Waals surface area contributed by atoms with E-state index in [9.17, 15) is 0 Å². The van der Waals surface area contributed by atoms with Crippen molar-refractivity contribution in [2.45, 2.75) is 6.92 Å². The molecule has 2 rings (SSSR count). The Balaban J connectivity index is 2.57. The monoisotopic (exact) mass is 203 g/mol. The van der Waals surface area contributed by atoms with Crippen molar-refractivity contribution in [3.05, 3.63) is 24.4 Å². The molecule has 0 bridgehead atoms. The summed E-state index contributed by atoms with van der Waals surface area (Å²) in [6, 6.07) is 5.70. The van der Waals surface area contributed by atoms with Gasteiger partial charge < -0.3 is 10.1 Å². The van der Waals surface area contributed by atoms with Gasteiger partial charge in [-0.1, -0.05) is 6.07 Å². The average Bonchev–Trinajstić information content (AvgIpc) is 2.28. The number of methoxy groups -OCH3 is 1. The van der Waals surface area contributed by atoms with Gasteiger partial charge in [-0.05, 0) is 19.1 Å². The number of aromatic nitrogens is 2. The van der Waals surface area contributed by atoms with Crippen LogP contribution in [0, 0.1) is 0 Å². The zero-order valence-corrected chi connectivity index (χ0v) is 8.82. The van der Waals surface area contributed by atoms with E-state index in [1.54, 1.807) is 13.3 Å². The van der Waals surface area contributed by atoms with E-state index in [-0.39, 0.29) is 0 Å². The van der Waals surface area contributed by atoms with Crippen LogP contribution in [0.25, 0.3) is 11.0 Å². The van der Waals surface area contributed by atoms with Gasteiger partial charge in [-0.15, -0.1) is 0 Å². The maximum Gasteiger partial charge on any atom is 0.146 e. The minimum Gasteiger partial charge on any atom is -0.494 e. The summed E-state index contributed by atoms with van der Waals surface area (Å²) in [6.07, 6.45) is 1.73. The molecular weight excluding hydrogens is 190 g/mol. The fraction of sp³-hybridized carbons (Fsp3) is 0.273. The number of benzene rings is 1. The minimum atomic E-state index is 0.750. The Bertz CT molecular complexity index is 470. The van der Waals surface area contributed by atoms with E-state index in [0.29, 0.717) is 0 Å². The van der Waals surface area contributed by atoms with Crippen LogP contribution in [-0.4, -0.2) is 23.6 Å². The normalized spacial score (nSPS) is 10.3. The molecule has 0 saturated carbocycles. The quantitative estimate of drug-likeness (QED) is 0.829. The van der Waals surface area contributed by atoms with Gasteiger partial charge in [0.25, 0.3) is 0 Å². The molecule has 0 aliphatic heterocycles. The molecule has 0 amide bonds. The second kappa shape index (κ2) is 4.13. The van der Waals surface area contributed by atoms with Crippen molar-refractivity contribution in [1.82, 2.24) is 9.97 Å². The first kappa shape index (κ1) is 9.71. The molecule has 0 radical (unpaired) electrons. The molecule has 1 N–H and O–H groups in total. The molecule has 0 spiro atoms. The summed E-state index contributed by atoms with van der Waals surface area (Å²) in [4.78, 5) is 8.74.